The maximum atomic E-state index is 5.11. The molecule has 6 rings (SSSR count). The van der Waals surface area contributed by atoms with E-state index in [0.717, 1.165) is 35.1 Å². The molecule has 162 valence electrons. The number of imidazole rings is 1. The van der Waals surface area contributed by atoms with Crippen molar-refractivity contribution in [2.75, 3.05) is 4.90 Å². The van der Waals surface area contributed by atoms with Crippen LogP contribution >= 0.6 is 0 Å². The highest BCUT2D eigenvalue weighted by Crippen LogP contribution is 2.43. The van der Waals surface area contributed by atoms with Crippen molar-refractivity contribution in [1.82, 2.24) is 44.3 Å². The maximum Gasteiger partial charge on any atom is 0.237 e. The largest absolute Gasteiger partial charge is 0.341 e. The van der Waals surface area contributed by atoms with Crippen molar-refractivity contribution in [2.24, 2.45) is 0 Å². The van der Waals surface area contributed by atoms with Crippen molar-refractivity contribution in [3.8, 4) is 23.0 Å². The maximum absolute atomic E-state index is 5.11. The fraction of sp³-hybridized carbons (Fsp3) is 0.409. The average molecular weight is 429 g/mol. The van der Waals surface area contributed by atoms with Gasteiger partial charge < -0.3 is 4.90 Å². The van der Waals surface area contributed by atoms with Gasteiger partial charge in [0.25, 0.3) is 0 Å². The predicted molar refractivity (Wildman–Crippen MR) is 118 cm³/mol. The Bertz CT molecular complexity index is 1250. The summed E-state index contributed by atoms with van der Waals surface area (Å²) in [5.41, 5.74) is 1.75. The zero-order valence-corrected chi connectivity index (χ0v) is 18.1. The molecule has 10 nitrogen and oxygen atoms in total. The number of rotatable bonds is 4. The van der Waals surface area contributed by atoms with Crippen LogP contribution in [-0.2, 0) is 0 Å². The second kappa shape index (κ2) is 7.47. The summed E-state index contributed by atoms with van der Waals surface area (Å²) in [6, 6.07) is 0.580. The topological polar surface area (TPSA) is 103 Å². The number of aryl methyl sites for hydroxylation is 1. The molecule has 1 aliphatic carbocycles. The Hall–Kier alpha value is -3.69. The molecule has 2 aliphatic rings. The molecule has 1 fully saturated rings. The number of anilines is 1. The summed E-state index contributed by atoms with van der Waals surface area (Å²) in [5.74, 6) is 4.06. The molecule has 1 aliphatic heterocycles. The standard InChI is InChI=1S/C22H24N10/c1-3-17-21-29-28-14(2)31(21)18-12-26-22(27-20(18)32(17)16-6-4-5-7-16)30-9-8-25-19(30)15-10-23-13-24-11-15/h8-13,16-17H,3-7H2,1-2H3. The van der Waals surface area contributed by atoms with Crippen LogP contribution in [0.15, 0.2) is 37.3 Å². The Kier molecular flexibility index (Phi) is 4.44. The smallest absolute Gasteiger partial charge is 0.237 e. The van der Waals surface area contributed by atoms with Crippen LogP contribution in [0.5, 0.6) is 0 Å². The molecule has 0 N–H and O–H groups in total. The van der Waals surface area contributed by atoms with Gasteiger partial charge in [-0.2, -0.15) is 4.98 Å². The van der Waals surface area contributed by atoms with E-state index in [2.05, 4.69) is 41.5 Å². The zero-order chi connectivity index (χ0) is 21.7. The lowest BCUT2D eigenvalue weighted by Crippen LogP contribution is -2.42. The van der Waals surface area contributed by atoms with Gasteiger partial charge in [0.2, 0.25) is 5.95 Å². The van der Waals surface area contributed by atoms with E-state index in [0.29, 0.717) is 17.8 Å². The minimum absolute atomic E-state index is 0.138. The fourth-order valence-electron chi connectivity index (χ4n) is 5.07. The molecular formula is C22H24N10. The lowest BCUT2D eigenvalue weighted by Gasteiger charge is -2.41. The Balaban J connectivity index is 1.53. The molecule has 0 spiro atoms. The minimum Gasteiger partial charge on any atom is -0.341 e. The van der Waals surface area contributed by atoms with Gasteiger partial charge >= 0.3 is 0 Å². The van der Waals surface area contributed by atoms with E-state index in [1.54, 1.807) is 18.6 Å². The molecule has 32 heavy (non-hydrogen) atoms. The highest BCUT2D eigenvalue weighted by Gasteiger charge is 2.39. The first-order chi connectivity index (χ1) is 15.8. The summed E-state index contributed by atoms with van der Waals surface area (Å²) in [5, 5.41) is 8.93. The van der Waals surface area contributed by atoms with E-state index in [9.17, 15) is 0 Å². The summed E-state index contributed by atoms with van der Waals surface area (Å²) in [4.78, 5) is 25.1. The van der Waals surface area contributed by atoms with Crippen molar-refractivity contribution in [2.45, 2.75) is 58.0 Å². The highest BCUT2D eigenvalue weighted by molar-refractivity contribution is 5.64. The summed E-state index contributed by atoms with van der Waals surface area (Å²) in [6.07, 6.45) is 16.3. The van der Waals surface area contributed by atoms with Gasteiger partial charge in [-0.25, -0.2) is 19.9 Å². The Morgan fingerprint density at radius 2 is 1.84 bits per heavy atom. The number of aromatic nitrogens is 9. The van der Waals surface area contributed by atoms with E-state index in [-0.39, 0.29) is 6.04 Å². The Morgan fingerprint density at radius 1 is 1.03 bits per heavy atom. The van der Waals surface area contributed by atoms with Crippen molar-refractivity contribution in [3.05, 3.63) is 49.0 Å². The first kappa shape index (κ1) is 19.0. The zero-order valence-electron chi connectivity index (χ0n) is 18.1. The predicted octanol–water partition coefficient (Wildman–Crippen LogP) is 3.22. The van der Waals surface area contributed by atoms with Gasteiger partial charge in [0.15, 0.2) is 11.6 Å². The van der Waals surface area contributed by atoms with Crippen LogP contribution in [0, 0.1) is 6.92 Å². The van der Waals surface area contributed by atoms with Crippen LogP contribution in [-0.4, -0.2) is 50.3 Å². The fourth-order valence-corrected chi connectivity index (χ4v) is 5.07. The first-order valence-corrected chi connectivity index (χ1v) is 11.1. The van der Waals surface area contributed by atoms with Gasteiger partial charge in [-0.05, 0) is 26.2 Å². The van der Waals surface area contributed by atoms with E-state index >= 15 is 0 Å². The van der Waals surface area contributed by atoms with Crippen LogP contribution in [0.25, 0.3) is 23.0 Å². The van der Waals surface area contributed by atoms with Crippen molar-refractivity contribution in [3.63, 3.8) is 0 Å². The molecule has 0 saturated heterocycles. The second-order valence-electron chi connectivity index (χ2n) is 8.34. The number of fused-ring (bicyclic) bond motifs is 3. The quantitative estimate of drug-likeness (QED) is 0.488. The third kappa shape index (κ3) is 2.82. The van der Waals surface area contributed by atoms with Crippen LogP contribution in [0.3, 0.4) is 0 Å². The average Bonchev–Trinajstić information content (AvgIpc) is 3.60. The van der Waals surface area contributed by atoms with Crippen LogP contribution in [0.4, 0.5) is 5.82 Å². The molecule has 4 aromatic rings. The SMILES string of the molecule is CCC1c2nnc(C)n2-c2cnc(-n3ccnc3-c3cncnc3)nc2N1C1CCCC1. The van der Waals surface area contributed by atoms with Gasteiger partial charge in [0.05, 0.1) is 17.8 Å². The summed E-state index contributed by atoms with van der Waals surface area (Å²) < 4.78 is 4.00. The second-order valence-corrected chi connectivity index (χ2v) is 8.34. The number of hydrogen-bond donors (Lipinski definition) is 0. The molecule has 1 saturated carbocycles. The Morgan fingerprint density at radius 3 is 2.62 bits per heavy atom. The van der Waals surface area contributed by atoms with E-state index in [1.807, 2.05) is 23.9 Å². The Labute approximate surface area is 185 Å². The van der Waals surface area contributed by atoms with E-state index < -0.39 is 0 Å². The van der Waals surface area contributed by atoms with Crippen LogP contribution in [0.1, 0.15) is 56.7 Å². The number of nitrogens with zero attached hydrogens (tertiary/aromatic N) is 10. The third-order valence-electron chi connectivity index (χ3n) is 6.49. The van der Waals surface area contributed by atoms with Gasteiger partial charge in [-0.3, -0.25) is 9.13 Å². The molecular weight excluding hydrogens is 404 g/mol. The summed E-state index contributed by atoms with van der Waals surface area (Å²) in [7, 11) is 0. The molecule has 5 heterocycles. The van der Waals surface area contributed by atoms with Gasteiger partial charge in [-0.15, -0.1) is 10.2 Å². The molecule has 10 heteroatoms. The van der Waals surface area contributed by atoms with Crippen molar-refractivity contribution >= 4 is 5.82 Å². The van der Waals surface area contributed by atoms with Gasteiger partial charge in [0.1, 0.15) is 23.7 Å². The highest BCUT2D eigenvalue weighted by atomic mass is 15.4. The van der Waals surface area contributed by atoms with Crippen molar-refractivity contribution < 1.29 is 0 Å². The first-order valence-electron chi connectivity index (χ1n) is 11.1. The molecule has 1 atom stereocenters. The lowest BCUT2D eigenvalue weighted by molar-refractivity contribution is 0.467. The molecule has 1 unspecified atom stereocenters. The molecule has 0 amide bonds. The normalized spacial score (nSPS) is 18.1. The molecule has 0 radical (unpaired) electrons. The van der Waals surface area contributed by atoms with Gasteiger partial charge in [-0.1, -0.05) is 19.8 Å². The van der Waals surface area contributed by atoms with Crippen LogP contribution < -0.4 is 4.90 Å². The summed E-state index contributed by atoms with van der Waals surface area (Å²) >= 11 is 0. The monoisotopic (exact) mass is 428 g/mol. The van der Waals surface area contributed by atoms with E-state index in [1.165, 1.54) is 32.0 Å². The molecule has 0 aromatic carbocycles. The van der Waals surface area contributed by atoms with E-state index in [4.69, 9.17) is 9.97 Å². The van der Waals surface area contributed by atoms with Crippen LogP contribution in [0.2, 0.25) is 0 Å². The van der Waals surface area contributed by atoms with Crippen molar-refractivity contribution in [1.29, 1.82) is 0 Å². The van der Waals surface area contributed by atoms with Gasteiger partial charge in [0, 0.05) is 30.8 Å². The lowest BCUT2D eigenvalue weighted by atomic mass is 10.0. The third-order valence-corrected chi connectivity index (χ3v) is 6.49. The minimum atomic E-state index is 0.138. The summed E-state index contributed by atoms with van der Waals surface area (Å²) in [6.45, 7) is 4.19. The molecule has 0 bridgehead atoms. The molecule has 4 aromatic heterocycles. The number of hydrogen-bond acceptors (Lipinski definition) is 8.